The molecule has 0 spiro atoms. The predicted octanol–water partition coefficient (Wildman–Crippen LogP) is 6.76. The number of rotatable bonds is 4. The number of benzene rings is 6. The van der Waals surface area contributed by atoms with Gasteiger partial charge in [0.1, 0.15) is 11.2 Å². The van der Waals surface area contributed by atoms with Crippen LogP contribution >= 0.6 is 0 Å². The summed E-state index contributed by atoms with van der Waals surface area (Å²) in [5.41, 5.74) is 1.96. The molecule has 0 unspecified atom stereocenters. The van der Waals surface area contributed by atoms with E-state index in [-0.39, 0.29) is 32.5 Å². The molecule has 0 saturated heterocycles. The maximum Gasteiger partial charge on any atom is 0.193 e. The van der Waals surface area contributed by atoms with E-state index in [9.17, 15) is 19.2 Å². The van der Waals surface area contributed by atoms with Crippen molar-refractivity contribution >= 4 is 65.0 Å². The van der Waals surface area contributed by atoms with E-state index in [1.54, 1.807) is 0 Å². The van der Waals surface area contributed by atoms with Gasteiger partial charge in [-0.15, -0.1) is 0 Å². The van der Waals surface area contributed by atoms with Crippen LogP contribution in [0.5, 0.6) is 0 Å². The Hall–Kier alpha value is -4.64. The van der Waals surface area contributed by atoms with Crippen molar-refractivity contribution in [3.63, 3.8) is 0 Å². The largest absolute Gasteiger partial charge is 0.454 e. The Kier molecular flexibility index (Phi) is 5.52. The van der Waals surface area contributed by atoms with E-state index in [0.717, 1.165) is 10.8 Å². The third-order valence-electron chi connectivity index (χ3n) is 8.94. The van der Waals surface area contributed by atoms with Crippen molar-refractivity contribution in [3.8, 4) is 0 Å². The van der Waals surface area contributed by atoms with Gasteiger partial charge in [0.25, 0.3) is 0 Å². The summed E-state index contributed by atoms with van der Waals surface area (Å²) in [6.45, 7) is 7.56. The molecule has 5 heteroatoms. The quantitative estimate of drug-likeness (QED) is 0.230. The number of furan rings is 1. The van der Waals surface area contributed by atoms with E-state index < -0.39 is 0 Å². The van der Waals surface area contributed by atoms with Gasteiger partial charge in [-0.2, -0.15) is 0 Å². The zero-order chi connectivity index (χ0) is 28.7. The Morgan fingerprint density at radius 1 is 0.415 bits per heavy atom. The summed E-state index contributed by atoms with van der Waals surface area (Å²) in [6.07, 6.45) is 1.77. The van der Waals surface area contributed by atoms with Gasteiger partial charge in [-0.1, -0.05) is 76.2 Å². The van der Waals surface area contributed by atoms with Crippen molar-refractivity contribution in [2.24, 2.45) is 0 Å². The van der Waals surface area contributed by atoms with E-state index in [1.165, 1.54) is 0 Å². The fourth-order valence-corrected chi connectivity index (χ4v) is 7.18. The van der Waals surface area contributed by atoms with Crippen LogP contribution in [0.2, 0.25) is 0 Å². The molecule has 1 aromatic heterocycles. The van der Waals surface area contributed by atoms with Crippen LogP contribution in [-0.2, 0) is 25.7 Å². The standard InChI is InChI=1S/C36H28O5/c1-5-17-19(7-3)33(39)29-25(31(17)37)21-13-9-11-15-23(21)27-28-24-16-12-10-14-22(24)26-30(36(28)41-35(27)29)34(40)20(8-4)18(6-2)32(26)38/h9-16H,5-8H2,1-4H3. The Labute approximate surface area is 234 Å². The lowest BCUT2D eigenvalue weighted by Gasteiger charge is -2.11. The molecule has 6 aromatic carbocycles. The third kappa shape index (κ3) is 3.06. The van der Waals surface area contributed by atoms with Crippen LogP contribution in [0.1, 0.15) is 49.9 Å². The summed E-state index contributed by atoms with van der Waals surface area (Å²) in [4.78, 5) is 56.2. The third-order valence-corrected chi connectivity index (χ3v) is 8.94. The summed E-state index contributed by atoms with van der Waals surface area (Å²) >= 11 is 0. The fourth-order valence-electron chi connectivity index (χ4n) is 7.18. The number of hydrogen-bond acceptors (Lipinski definition) is 5. The minimum Gasteiger partial charge on any atom is -0.454 e. The first kappa shape index (κ1) is 25.3. The van der Waals surface area contributed by atoms with Gasteiger partial charge in [0.2, 0.25) is 0 Å². The highest BCUT2D eigenvalue weighted by molar-refractivity contribution is 6.38. The first-order valence-electron chi connectivity index (χ1n) is 14.4. The second-order valence-electron chi connectivity index (χ2n) is 10.7. The summed E-state index contributed by atoms with van der Waals surface area (Å²) < 4.78 is 6.64. The number of fused-ring (bicyclic) bond motifs is 13. The highest BCUT2D eigenvalue weighted by atomic mass is 16.3. The van der Waals surface area contributed by atoms with Crippen LogP contribution < -0.4 is 21.7 Å². The second-order valence-corrected chi connectivity index (χ2v) is 10.7. The average molecular weight is 541 g/mol. The van der Waals surface area contributed by atoms with Gasteiger partial charge in [0, 0.05) is 43.8 Å². The summed E-state index contributed by atoms with van der Waals surface area (Å²) in [7, 11) is 0. The van der Waals surface area contributed by atoms with Gasteiger partial charge in [0.05, 0.1) is 10.8 Å². The molecule has 0 atom stereocenters. The van der Waals surface area contributed by atoms with Crippen LogP contribution in [0.4, 0.5) is 0 Å². The van der Waals surface area contributed by atoms with Crippen LogP contribution in [0.15, 0.2) is 72.1 Å². The molecule has 41 heavy (non-hydrogen) atoms. The van der Waals surface area contributed by atoms with Crippen LogP contribution in [0.25, 0.3) is 65.0 Å². The van der Waals surface area contributed by atoms with E-state index in [0.29, 0.717) is 91.4 Å². The molecule has 0 aliphatic heterocycles. The lowest BCUT2D eigenvalue weighted by Crippen LogP contribution is -2.22. The maximum absolute atomic E-state index is 14.1. The minimum absolute atomic E-state index is 0.153. The van der Waals surface area contributed by atoms with Crippen molar-refractivity contribution < 1.29 is 4.42 Å². The van der Waals surface area contributed by atoms with Crippen molar-refractivity contribution in [3.05, 3.63) is 112 Å². The molecule has 202 valence electrons. The summed E-state index contributed by atoms with van der Waals surface area (Å²) in [6, 6.07) is 15.2. The topological polar surface area (TPSA) is 81.4 Å². The van der Waals surface area contributed by atoms with Gasteiger partial charge in [-0.3, -0.25) is 19.2 Å². The normalized spacial score (nSPS) is 12.2. The SMILES string of the molecule is CCc1c(CC)c(=O)c2c3oc4c5c(=O)c(CC)c(CC)c(=O)c5c5ccccc5c4c3c3ccccc3c2c1=O. The van der Waals surface area contributed by atoms with Crippen LogP contribution in [0.3, 0.4) is 0 Å². The van der Waals surface area contributed by atoms with Gasteiger partial charge >= 0.3 is 0 Å². The maximum atomic E-state index is 14.1. The molecule has 5 nitrogen and oxygen atoms in total. The van der Waals surface area contributed by atoms with Crippen LogP contribution in [0, 0.1) is 0 Å². The van der Waals surface area contributed by atoms with E-state index in [1.807, 2.05) is 76.2 Å². The Morgan fingerprint density at radius 2 is 0.683 bits per heavy atom. The second kappa shape index (κ2) is 8.93. The zero-order valence-electron chi connectivity index (χ0n) is 23.5. The molecule has 0 fully saturated rings. The van der Waals surface area contributed by atoms with Gasteiger partial charge in [0.15, 0.2) is 21.7 Å². The van der Waals surface area contributed by atoms with E-state index in [4.69, 9.17) is 4.42 Å². The molecule has 0 bridgehead atoms. The smallest absolute Gasteiger partial charge is 0.193 e. The number of hydrogen-bond donors (Lipinski definition) is 0. The Morgan fingerprint density at radius 3 is 0.976 bits per heavy atom. The Bertz CT molecular complexity index is 2310. The average Bonchev–Trinajstić information content (AvgIpc) is 3.40. The molecule has 0 amide bonds. The van der Waals surface area contributed by atoms with Crippen molar-refractivity contribution in [2.45, 2.75) is 53.4 Å². The van der Waals surface area contributed by atoms with Crippen molar-refractivity contribution in [2.75, 3.05) is 0 Å². The van der Waals surface area contributed by atoms with E-state index >= 15 is 0 Å². The lowest BCUT2D eigenvalue weighted by atomic mass is 9.88. The summed E-state index contributed by atoms with van der Waals surface area (Å²) in [5.74, 6) is 0. The minimum atomic E-state index is -0.211. The van der Waals surface area contributed by atoms with Gasteiger partial charge < -0.3 is 4.42 Å². The molecule has 1 heterocycles. The zero-order valence-corrected chi connectivity index (χ0v) is 23.5. The molecule has 0 aliphatic rings. The van der Waals surface area contributed by atoms with Crippen molar-refractivity contribution in [1.29, 1.82) is 0 Å². The fraction of sp³-hybridized carbons (Fsp3) is 0.222. The summed E-state index contributed by atoms with van der Waals surface area (Å²) in [5, 5.41) is 5.51. The van der Waals surface area contributed by atoms with Crippen molar-refractivity contribution in [1.82, 2.24) is 0 Å². The van der Waals surface area contributed by atoms with Gasteiger partial charge in [-0.05, 0) is 47.2 Å². The molecule has 0 N–H and O–H groups in total. The monoisotopic (exact) mass is 540 g/mol. The Balaban J connectivity index is 1.94. The lowest BCUT2D eigenvalue weighted by molar-refractivity contribution is 0.676. The predicted molar refractivity (Wildman–Crippen MR) is 169 cm³/mol. The van der Waals surface area contributed by atoms with E-state index in [2.05, 4.69) is 0 Å². The molecule has 0 saturated carbocycles. The molecule has 0 radical (unpaired) electrons. The highest BCUT2D eigenvalue weighted by Gasteiger charge is 2.27. The highest BCUT2D eigenvalue weighted by Crippen LogP contribution is 2.44. The molecule has 7 aromatic rings. The molecular weight excluding hydrogens is 512 g/mol. The molecule has 7 rings (SSSR count). The van der Waals surface area contributed by atoms with Crippen LogP contribution in [-0.4, -0.2) is 0 Å². The molecule has 0 aliphatic carbocycles. The van der Waals surface area contributed by atoms with Gasteiger partial charge in [-0.25, -0.2) is 0 Å². The first-order valence-corrected chi connectivity index (χ1v) is 14.4. The first-order chi connectivity index (χ1) is 19.9. The molecular formula is C36H28O5.